The minimum absolute atomic E-state index is 0.0896. The molecule has 1 fully saturated rings. The van der Waals surface area contributed by atoms with E-state index in [0.717, 1.165) is 5.96 Å². The van der Waals surface area contributed by atoms with Crippen molar-refractivity contribution in [2.24, 2.45) is 10.9 Å². The number of nitrogens with zero attached hydrogens (tertiary/aromatic N) is 2. The summed E-state index contributed by atoms with van der Waals surface area (Å²) in [7, 11) is 1.73. The van der Waals surface area contributed by atoms with Gasteiger partial charge >= 0.3 is 0 Å². The molecule has 1 aliphatic carbocycles. The van der Waals surface area contributed by atoms with Crippen LogP contribution in [-0.4, -0.2) is 37.1 Å². The molecule has 21 heavy (non-hydrogen) atoms. The van der Waals surface area contributed by atoms with Crippen LogP contribution in [0.1, 0.15) is 13.3 Å². The third-order valence-electron chi connectivity index (χ3n) is 3.49. The highest BCUT2D eigenvalue weighted by molar-refractivity contribution is 5.80. The molecular formula is C14H21N5O2. The maximum atomic E-state index is 10.9. The number of para-hydroxylation sites is 2. The van der Waals surface area contributed by atoms with Crippen LogP contribution in [0.2, 0.25) is 0 Å². The SMILES string of the molecule is CN=C(NCCNc1ccccc1[N+](=O)[O-])NC1CC1C. The van der Waals surface area contributed by atoms with Crippen molar-refractivity contribution in [2.75, 3.05) is 25.5 Å². The van der Waals surface area contributed by atoms with Gasteiger partial charge in [-0.15, -0.1) is 0 Å². The van der Waals surface area contributed by atoms with Gasteiger partial charge in [-0.2, -0.15) is 0 Å². The first kappa shape index (κ1) is 15.1. The Hall–Kier alpha value is -2.31. The minimum atomic E-state index is -0.384. The molecule has 0 spiro atoms. The molecule has 0 aromatic heterocycles. The van der Waals surface area contributed by atoms with E-state index >= 15 is 0 Å². The summed E-state index contributed by atoms with van der Waals surface area (Å²) in [4.78, 5) is 14.7. The average molecular weight is 291 g/mol. The van der Waals surface area contributed by atoms with Gasteiger partial charge < -0.3 is 16.0 Å². The highest BCUT2D eigenvalue weighted by atomic mass is 16.6. The number of rotatable bonds is 6. The monoisotopic (exact) mass is 291 g/mol. The van der Waals surface area contributed by atoms with Crippen molar-refractivity contribution in [1.29, 1.82) is 0 Å². The second-order valence-corrected chi connectivity index (χ2v) is 5.16. The lowest BCUT2D eigenvalue weighted by molar-refractivity contribution is -0.384. The molecular weight excluding hydrogens is 270 g/mol. The molecule has 1 aliphatic rings. The summed E-state index contributed by atoms with van der Waals surface area (Å²) in [5.74, 6) is 1.47. The van der Waals surface area contributed by atoms with E-state index in [4.69, 9.17) is 0 Å². The second kappa shape index (κ2) is 6.92. The van der Waals surface area contributed by atoms with Crippen LogP contribution in [0, 0.1) is 16.0 Å². The Labute approximate surface area is 124 Å². The summed E-state index contributed by atoms with van der Waals surface area (Å²) in [6.45, 7) is 3.40. The van der Waals surface area contributed by atoms with E-state index in [1.807, 2.05) is 0 Å². The summed E-state index contributed by atoms with van der Waals surface area (Å²) in [6, 6.07) is 7.14. The van der Waals surface area contributed by atoms with Crippen molar-refractivity contribution in [3.8, 4) is 0 Å². The van der Waals surface area contributed by atoms with Gasteiger partial charge in [-0.1, -0.05) is 19.1 Å². The van der Waals surface area contributed by atoms with E-state index < -0.39 is 0 Å². The number of nitro groups is 1. The summed E-state index contributed by atoms with van der Waals surface area (Å²) >= 11 is 0. The molecule has 0 saturated heterocycles. The molecule has 3 N–H and O–H groups in total. The van der Waals surface area contributed by atoms with Crippen molar-refractivity contribution in [1.82, 2.24) is 10.6 Å². The number of anilines is 1. The first-order valence-corrected chi connectivity index (χ1v) is 7.06. The number of aliphatic imine (C=N–C) groups is 1. The van der Waals surface area contributed by atoms with Crippen molar-refractivity contribution < 1.29 is 4.92 Å². The number of nitrogens with one attached hydrogen (secondary N) is 3. The number of guanidine groups is 1. The lowest BCUT2D eigenvalue weighted by Gasteiger charge is -2.12. The molecule has 1 aromatic rings. The standard InChI is InChI=1S/C14H21N5O2/c1-10-9-12(10)18-14(15-2)17-8-7-16-11-5-3-4-6-13(11)19(20)21/h3-6,10,12,16H,7-9H2,1-2H3,(H2,15,17,18). The van der Waals surface area contributed by atoms with Crippen LogP contribution in [-0.2, 0) is 0 Å². The van der Waals surface area contributed by atoms with E-state index in [1.165, 1.54) is 12.5 Å². The topological polar surface area (TPSA) is 91.6 Å². The zero-order valence-corrected chi connectivity index (χ0v) is 12.3. The van der Waals surface area contributed by atoms with E-state index in [0.29, 0.717) is 30.7 Å². The number of benzene rings is 1. The maximum Gasteiger partial charge on any atom is 0.292 e. The Morgan fingerprint density at radius 2 is 2.14 bits per heavy atom. The molecule has 1 saturated carbocycles. The van der Waals surface area contributed by atoms with E-state index in [2.05, 4.69) is 27.9 Å². The van der Waals surface area contributed by atoms with Gasteiger partial charge in [-0.05, 0) is 18.4 Å². The molecule has 2 rings (SSSR count). The quantitative estimate of drug-likeness (QED) is 0.243. The second-order valence-electron chi connectivity index (χ2n) is 5.16. The van der Waals surface area contributed by atoms with E-state index in [1.54, 1.807) is 25.2 Å². The molecule has 7 heteroatoms. The Kier molecular flexibility index (Phi) is 4.97. The van der Waals surface area contributed by atoms with Gasteiger partial charge in [0.1, 0.15) is 5.69 Å². The molecule has 0 amide bonds. The number of nitro benzene ring substituents is 1. The average Bonchev–Trinajstić information content (AvgIpc) is 3.17. The Bertz CT molecular complexity index is 532. The molecule has 7 nitrogen and oxygen atoms in total. The smallest absolute Gasteiger partial charge is 0.292 e. The van der Waals surface area contributed by atoms with Crippen LogP contribution in [0.25, 0.3) is 0 Å². The summed E-state index contributed by atoms with van der Waals surface area (Å²) < 4.78 is 0. The lowest BCUT2D eigenvalue weighted by Crippen LogP contribution is -2.41. The van der Waals surface area contributed by atoms with Gasteiger partial charge in [0.05, 0.1) is 4.92 Å². The van der Waals surface area contributed by atoms with Gasteiger partial charge in [0, 0.05) is 32.2 Å². The van der Waals surface area contributed by atoms with Crippen LogP contribution in [0.15, 0.2) is 29.3 Å². The van der Waals surface area contributed by atoms with Gasteiger partial charge in [0.25, 0.3) is 5.69 Å². The van der Waals surface area contributed by atoms with Crippen molar-refractivity contribution in [2.45, 2.75) is 19.4 Å². The summed E-state index contributed by atoms with van der Waals surface area (Å²) in [6.07, 6.45) is 1.18. The fraction of sp³-hybridized carbons (Fsp3) is 0.500. The highest BCUT2D eigenvalue weighted by Crippen LogP contribution is 2.28. The predicted molar refractivity (Wildman–Crippen MR) is 83.7 cm³/mol. The summed E-state index contributed by atoms with van der Waals surface area (Å²) in [5.41, 5.74) is 0.620. The lowest BCUT2D eigenvalue weighted by atomic mass is 10.2. The third-order valence-corrected chi connectivity index (χ3v) is 3.49. The summed E-state index contributed by atoms with van der Waals surface area (Å²) in [5, 5.41) is 20.5. The zero-order chi connectivity index (χ0) is 15.2. The molecule has 0 radical (unpaired) electrons. The van der Waals surface area contributed by atoms with Crippen molar-refractivity contribution in [3.05, 3.63) is 34.4 Å². The highest BCUT2D eigenvalue weighted by Gasteiger charge is 2.33. The maximum absolute atomic E-state index is 10.9. The van der Waals surface area contributed by atoms with Gasteiger partial charge in [0.2, 0.25) is 0 Å². The molecule has 1 aromatic carbocycles. The zero-order valence-electron chi connectivity index (χ0n) is 12.3. The van der Waals surface area contributed by atoms with Crippen LogP contribution < -0.4 is 16.0 Å². The fourth-order valence-corrected chi connectivity index (χ4v) is 2.05. The fourth-order valence-electron chi connectivity index (χ4n) is 2.05. The van der Waals surface area contributed by atoms with E-state index in [9.17, 15) is 10.1 Å². The van der Waals surface area contributed by atoms with Gasteiger partial charge in [0.15, 0.2) is 5.96 Å². The van der Waals surface area contributed by atoms with Crippen LogP contribution in [0.4, 0.5) is 11.4 Å². The Morgan fingerprint density at radius 1 is 1.43 bits per heavy atom. The third kappa shape index (κ3) is 4.34. The van der Waals surface area contributed by atoms with E-state index in [-0.39, 0.29) is 10.6 Å². The largest absolute Gasteiger partial charge is 0.378 e. The first-order valence-electron chi connectivity index (χ1n) is 7.06. The minimum Gasteiger partial charge on any atom is -0.378 e. The van der Waals surface area contributed by atoms with Gasteiger partial charge in [-0.3, -0.25) is 15.1 Å². The molecule has 2 atom stereocenters. The molecule has 0 heterocycles. The number of hydrogen-bond acceptors (Lipinski definition) is 4. The van der Waals surface area contributed by atoms with Crippen molar-refractivity contribution in [3.63, 3.8) is 0 Å². The molecule has 0 bridgehead atoms. The molecule has 2 unspecified atom stereocenters. The van der Waals surface area contributed by atoms with Crippen LogP contribution >= 0.6 is 0 Å². The van der Waals surface area contributed by atoms with Crippen LogP contribution in [0.3, 0.4) is 0 Å². The Balaban J connectivity index is 1.75. The van der Waals surface area contributed by atoms with Gasteiger partial charge in [-0.25, -0.2) is 0 Å². The predicted octanol–water partition coefficient (Wildman–Crippen LogP) is 1.58. The molecule has 114 valence electrons. The van der Waals surface area contributed by atoms with Crippen molar-refractivity contribution >= 4 is 17.3 Å². The molecule has 0 aliphatic heterocycles. The first-order chi connectivity index (χ1) is 10.1. The number of hydrogen-bond donors (Lipinski definition) is 3. The normalized spacial score (nSPS) is 20.8. The van der Waals surface area contributed by atoms with Crippen LogP contribution in [0.5, 0.6) is 0 Å². The Morgan fingerprint density at radius 3 is 2.76 bits per heavy atom.